The van der Waals surface area contributed by atoms with Gasteiger partial charge in [-0.2, -0.15) is 0 Å². The number of aryl methyl sites for hydroxylation is 1. The van der Waals surface area contributed by atoms with Crippen LogP contribution >= 0.6 is 0 Å². The van der Waals surface area contributed by atoms with Crippen LogP contribution in [0.15, 0.2) is 24.3 Å². The van der Waals surface area contributed by atoms with E-state index in [4.69, 9.17) is 9.47 Å². The van der Waals surface area contributed by atoms with Crippen molar-refractivity contribution in [1.82, 2.24) is 0 Å². The SMILES string of the molecule is CC[C@@]12CC[C@@](COC)(C[C@H](c3ccc(C)c(C4=CCC(C)(C)CC4)c3)C1)O2. The van der Waals surface area contributed by atoms with Crippen LogP contribution in [0.25, 0.3) is 5.57 Å². The molecular weight excluding hydrogens is 344 g/mol. The highest BCUT2D eigenvalue weighted by Gasteiger charge is 2.54. The summed E-state index contributed by atoms with van der Waals surface area (Å²) in [5.41, 5.74) is 6.41. The van der Waals surface area contributed by atoms with E-state index < -0.39 is 0 Å². The topological polar surface area (TPSA) is 18.5 Å². The number of hydrogen-bond donors (Lipinski definition) is 0. The molecule has 28 heavy (non-hydrogen) atoms. The van der Waals surface area contributed by atoms with Crippen molar-refractivity contribution in [3.05, 3.63) is 41.0 Å². The Labute approximate surface area is 171 Å². The van der Waals surface area contributed by atoms with Crippen LogP contribution in [0.3, 0.4) is 0 Å². The number of rotatable bonds is 5. The molecule has 2 nitrogen and oxygen atoms in total. The van der Waals surface area contributed by atoms with Crippen molar-refractivity contribution in [2.75, 3.05) is 13.7 Å². The summed E-state index contributed by atoms with van der Waals surface area (Å²) in [6, 6.07) is 7.24. The van der Waals surface area contributed by atoms with E-state index in [1.807, 2.05) is 7.11 Å². The molecule has 154 valence electrons. The van der Waals surface area contributed by atoms with Gasteiger partial charge in [-0.15, -0.1) is 0 Å². The number of allylic oxidation sites excluding steroid dienone is 2. The molecule has 0 N–H and O–H groups in total. The van der Waals surface area contributed by atoms with Crippen LogP contribution in [-0.4, -0.2) is 24.9 Å². The van der Waals surface area contributed by atoms with Crippen molar-refractivity contribution in [1.29, 1.82) is 0 Å². The summed E-state index contributed by atoms with van der Waals surface area (Å²) in [6.45, 7) is 10.1. The van der Waals surface area contributed by atoms with Gasteiger partial charge < -0.3 is 9.47 Å². The second-order valence-corrected chi connectivity index (χ2v) is 10.5. The molecule has 1 aliphatic carbocycles. The molecule has 4 rings (SSSR count). The van der Waals surface area contributed by atoms with Gasteiger partial charge in [0.1, 0.15) is 0 Å². The van der Waals surface area contributed by atoms with Gasteiger partial charge in [-0.05, 0) is 91.9 Å². The van der Waals surface area contributed by atoms with Gasteiger partial charge in [0.05, 0.1) is 17.8 Å². The van der Waals surface area contributed by atoms with E-state index in [1.54, 1.807) is 5.57 Å². The molecule has 2 fully saturated rings. The van der Waals surface area contributed by atoms with Gasteiger partial charge in [0.15, 0.2) is 0 Å². The minimum atomic E-state index is -0.0765. The van der Waals surface area contributed by atoms with Crippen LogP contribution < -0.4 is 0 Å². The first-order chi connectivity index (χ1) is 13.3. The molecule has 0 amide bonds. The molecule has 0 radical (unpaired) electrons. The number of fused-ring (bicyclic) bond motifs is 2. The van der Waals surface area contributed by atoms with Crippen molar-refractivity contribution in [3.8, 4) is 0 Å². The van der Waals surface area contributed by atoms with Gasteiger partial charge in [0, 0.05) is 7.11 Å². The molecule has 2 heteroatoms. The standard InChI is InChI=1S/C26H38O2/c1-6-25-13-14-26(28-25,18-27-5)17-22(16-25)21-8-7-19(2)23(15-21)20-9-11-24(3,4)12-10-20/h7-9,15,22H,6,10-14,16-18H2,1-5H3/t22-,25-,26+/m1/s1. The largest absolute Gasteiger partial charge is 0.382 e. The molecule has 1 aromatic carbocycles. The first-order valence-corrected chi connectivity index (χ1v) is 11.3. The smallest absolute Gasteiger partial charge is 0.0929 e. The van der Waals surface area contributed by atoms with Crippen molar-refractivity contribution < 1.29 is 9.47 Å². The highest BCUT2D eigenvalue weighted by atomic mass is 16.6. The van der Waals surface area contributed by atoms with E-state index in [-0.39, 0.29) is 11.2 Å². The Morgan fingerprint density at radius 3 is 2.54 bits per heavy atom. The number of hydrogen-bond acceptors (Lipinski definition) is 2. The fourth-order valence-corrected chi connectivity index (χ4v) is 5.89. The quantitative estimate of drug-likeness (QED) is 0.557. The molecule has 2 saturated heterocycles. The van der Waals surface area contributed by atoms with E-state index in [0.29, 0.717) is 11.3 Å². The van der Waals surface area contributed by atoms with Crippen LogP contribution in [0.2, 0.25) is 0 Å². The second-order valence-electron chi connectivity index (χ2n) is 10.5. The number of methoxy groups -OCH3 is 1. The van der Waals surface area contributed by atoms with Crippen molar-refractivity contribution in [2.45, 2.75) is 96.2 Å². The zero-order valence-electron chi connectivity index (χ0n) is 18.6. The maximum Gasteiger partial charge on any atom is 0.0929 e. The van der Waals surface area contributed by atoms with Gasteiger partial charge >= 0.3 is 0 Å². The Kier molecular flexibility index (Phi) is 5.25. The van der Waals surface area contributed by atoms with E-state index in [2.05, 4.69) is 52.0 Å². The molecule has 0 unspecified atom stereocenters. The molecule has 3 atom stereocenters. The van der Waals surface area contributed by atoms with Gasteiger partial charge in [-0.1, -0.05) is 45.0 Å². The summed E-state index contributed by atoms with van der Waals surface area (Å²) >= 11 is 0. The normalized spacial score (nSPS) is 34.3. The Morgan fingerprint density at radius 1 is 1.11 bits per heavy atom. The lowest BCUT2D eigenvalue weighted by Gasteiger charge is -2.44. The lowest BCUT2D eigenvalue weighted by molar-refractivity contribution is -0.168. The van der Waals surface area contributed by atoms with E-state index in [1.165, 1.54) is 42.4 Å². The first-order valence-electron chi connectivity index (χ1n) is 11.3. The molecule has 1 aromatic rings. The third-order valence-corrected chi connectivity index (χ3v) is 7.81. The summed E-state index contributed by atoms with van der Waals surface area (Å²) in [4.78, 5) is 0. The molecule has 2 heterocycles. The summed E-state index contributed by atoms with van der Waals surface area (Å²) in [5.74, 6) is 0.575. The van der Waals surface area contributed by atoms with Crippen LogP contribution in [0.4, 0.5) is 0 Å². The minimum Gasteiger partial charge on any atom is -0.382 e. The summed E-state index contributed by atoms with van der Waals surface area (Å²) in [6.07, 6.45) is 11.9. The van der Waals surface area contributed by atoms with Gasteiger partial charge in [0.25, 0.3) is 0 Å². The van der Waals surface area contributed by atoms with Gasteiger partial charge in [-0.25, -0.2) is 0 Å². The fraction of sp³-hybridized carbons (Fsp3) is 0.692. The Bertz CT molecular complexity index is 762. The molecule has 2 aliphatic heterocycles. The summed E-state index contributed by atoms with van der Waals surface area (Å²) in [7, 11) is 1.81. The molecular formula is C26H38O2. The van der Waals surface area contributed by atoms with E-state index >= 15 is 0 Å². The Hall–Kier alpha value is -1.12. The first kappa shape index (κ1) is 20.2. The van der Waals surface area contributed by atoms with Crippen LogP contribution in [0.1, 0.15) is 94.7 Å². The summed E-state index contributed by atoms with van der Waals surface area (Å²) in [5, 5.41) is 0. The maximum atomic E-state index is 6.67. The molecule has 2 bridgehead atoms. The van der Waals surface area contributed by atoms with Crippen LogP contribution in [-0.2, 0) is 9.47 Å². The summed E-state index contributed by atoms with van der Waals surface area (Å²) < 4.78 is 12.3. The predicted molar refractivity (Wildman–Crippen MR) is 117 cm³/mol. The highest BCUT2D eigenvalue weighted by molar-refractivity contribution is 5.69. The Balaban J connectivity index is 1.64. The Morgan fingerprint density at radius 2 is 1.86 bits per heavy atom. The lowest BCUT2D eigenvalue weighted by atomic mass is 9.75. The molecule has 3 aliphatic rings. The third-order valence-electron chi connectivity index (χ3n) is 7.81. The fourth-order valence-electron chi connectivity index (χ4n) is 5.89. The monoisotopic (exact) mass is 382 g/mol. The van der Waals surface area contributed by atoms with E-state index in [9.17, 15) is 0 Å². The van der Waals surface area contributed by atoms with Crippen LogP contribution in [0, 0.1) is 12.3 Å². The van der Waals surface area contributed by atoms with Crippen LogP contribution in [0.5, 0.6) is 0 Å². The zero-order valence-corrected chi connectivity index (χ0v) is 18.6. The number of ether oxygens (including phenoxy) is 2. The van der Waals surface area contributed by atoms with Gasteiger partial charge in [-0.3, -0.25) is 0 Å². The average molecular weight is 383 g/mol. The van der Waals surface area contributed by atoms with Crippen molar-refractivity contribution >= 4 is 5.57 Å². The van der Waals surface area contributed by atoms with Gasteiger partial charge in [0.2, 0.25) is 0 Å². The third kappa shape index (κ3) is 3.71. The molecule has 0 aromatic heterocycles. The predicted octanol–water partition coefficient (Wildman–Crippen LogP) is 6.81. The van der Waals surface area contributed by atoms with Crippen molar-refractivity contribution in [2.24, 2.45) is 5.41 Å². The average Bonchev–Trinajstić information content (AvgIpc) is 2.94. The highest BCUT2D eigenvalue weighted by Crippen LogP contribution is 2.55. The zero-order chi connectivity index (χ0) is 20.0. The second kappa shape index (κ2) is 7.29. The minimum absolute atomic E-state index is 0.0562. The molecule has 0 spiro atoms. The maximum absolute atomic E-state index is 6.67. The van der Waals surface area contributed by atoms with Crippen molar-refractivity contribution in [3.63, 3.8) is 0 Å². The number of benzene rings is 1. The molecule has 0 saturated carbocycles. The van der Waals surface area contributed by atoms with E-state index in [0.717, 1.165) is 32.3 Å². The lowest BCUT2D eigenvalue weighted by Crippen LogP contribution is -2.45.